The van der Waals surface area contributed by atoms with Gasteiger partial charge >= 0.3 is 0 Å². The fourth-order valence-electron chi connectivity index (χ4n) is 2.96. The van der Waals surface area contributed by atoms with Crippen LogP contribution in [-0.2, 0) is 6.54 Å². The highest BCUT2D eigenvalue weighted by Gasteiger charge is 2.23. The molecule has 1 aliphatic rings. The van der Waals surface area contributed by atoms with Crippen LogP contribution < -0.4 is 20.3 Å². The van der Waals surface area contributed by atoms with Gasteiger partial charge in [0.15, 0.2) is 0 Å². The van der Waals surface area contributed by atoms with Gasteiger partial charge in [0.25, 0.3) is 12.3 Å². The SMILES string of the molecule is COc1ccc2c(c1CNC(=O)c1ccc(C(F)F)c(F)c1)N(C)CN2. The van der Waals surface area contributed by atoms with Gasteiger partial charge in [-0.25, -0.2) is 13.2 Å². The van der Waals surface area contributed by atoms with E-state index < -0.39 is 23.7 Å². The Bertz CT molecular complexity index is 843. The molecule has 0 bridgehead atoms. The van der Waals surface area contributed by atoms with Crippen molar-refractivity contribution in [2.24, 2.45) is 0 Å². The molecule has 0 aliphatic carbocycles. The van der Waals surface area contributed by atoms with Crippen molar-refractivity contribution in [3.63, 3.8) is 0 Å². The lowest BCUT2D eigenvalue weighted by Gasteiger charge is -2.18. The number of methoxy groups -OCH3 is 1. The molecule has 3 rings (SSSR count). The number of ether oxygens (including phenoxy) is 1. The second-order valence-corrected chi connectivity index (χ2v) is 5.90. The third kappa shape index (κ3) is 3.26. The highest BCUT2D eigenvalue weighted by molar-refractivity contribution is 5.94. The summed E-state index contributed by atoms with van der Waals surface area (Å²) in [6.07, 6.45) is -2.92. The number of alkyl halides is 2. The van der Waals surface area contributed by atoms with Crippen molar-refractivity contribution in [1.29, 1.82) is 0 Å². The van der Waals surface area contributed by atoms with E-state index in [1.54, 1.807) is 6.07 Å². The molecule has 2 aromatic rings. The molecule has 2 aromatic carbocycles. The number of benzene rings is 2. The van der Waals surface area contributed by atoms with E-state index in [4.69, 9.17) is 4.74 Å². The van der Waals surface area contributed by atoms with E-state index in [1.807, 2.05) is 18.0 Å². The largest absolute Gasteiger partial charge is 0.496 e. The molecule has 1 aliphatic heterocycles. The van der Waals surface area contributed by atoms with Gasteiger partial charge in [0.2, 0.25) is 0 Å². The van der Waals surface area contributed by atoms with Gasteiger partial charge in [0.1, 0.15) is 11.6 Å². The van der Waals surface area contributed by atoms with Crippen molar-refractivity contribution in [3.05, 3.63) is 52.8 Å². The Morgan fingerprint density at radius 2 is 2.12 bits per heavy atom. The smallest absolute Gasteiger partial charge is 0.266 e. The number of amides is 1. The third-order valence-electron chi connectivity index (χ3n) is 4.27. The van der Waals surface area contributed by atoms with Crippen LogP contribution in [-0.4, -0.2) is 26.7 Å². The average Bonchev–Trinajstić information content (AvgIpc) is 3.00. The zero-order valence-corrected chi connectivity index (χ0v) is 14.3. The molecule has 0 fully saturated rings. The number of carbonyl (C=O) groups is 1. The van der Waals surface area contributed by atoms with E-state index in [2.05, 4.69) is 10.6 Å². The van der Waals surface area contributed by atoms with Gasteiger partial charge in [-0.2, -0.15) is 0 Å². The first-order valence-electron chi connectivity index (χ1n) is 7.93. The summed E-state index contributed by atoms with van der Waals surface area (Å²) in [5.74, 6) is -1.05. The number of nitrogens with zero attached hydrogens (tertiary/aromatic N) is 1. The molecule has 0 spiro atoms. The molecular weight excluding hydrogens is 347 g/mol. The Balaban J connectivity index is 1.80. The average molecular weight is 365 g/mol. The quantitative estimate of drug-likeness (QED) is 0.851. The highest BCUT2D eigenvalue weighted by Crippen LogP contribution is 2.39. The van der Waals surface area contributed by atoms with Gasteiger partial charge in [-0.05, 0) is 30.3 Å². The van der Waals surface area contributed by atoms with Crippen LogP contribution in [0.4, 0.5) is 24.5 Å². The maximum absolute atomic E-state index is 13.7. The van der Waals surface area contributed by atoms with E-state index in [9.17, 15) is 18.0 Å². The van der Waals surface area contributed by atoms with E-state index in [-0.39, 0.29) is 12.1 Å². The third-order valence-corrected chi connectivity index (χ3v) is 4.27. The van der Waals surface area contributed by atoms with E-state index >= 15 is 0 Å². The number of nitrogens with one attached hydrogen (secondary N) is 2. The lowest BCUT2D eigenvalue weighted by atomic mass is 10.1. The Labute approximate surface area is 148 Å². The molecule has 1 amide bonds. The van der Waals surface area contributed by atoms with Crippen LogP contribution in [0.2, 0.25) is 0 Å². The van der Waals surface area contributed by atoms with Crippen LogP contribution in [0.5, 0.6) is 5.75 Å². The van der Waals surface area contributed by atoms with Gasteiger partial charge in [-0.15, -0.1) is 0 Å². The minimum Gasteiger partial charge on any atom is -0.496 e. The van der Waals surface area contributed by atoms with Gasteiger partial charge in [0, 0.05) is 24.7 Å². The first-order valence-corrected chi connectivity index (χ1v) is 7.93. The number of rotatable bonds is 5. The second kappa shape index (κ2) is 7.15. The fraction of sp³-hybridized carbons (Fsp3) is 0.278. The van der Waals surface area contributed by atoms with Crippen molar-refractivity contribution in [2.45, 2.75) is 13.0 Å². The van der Waals surface area contributed by atoms with Crippen molar-refractivity contribution in [1.82, 2.24) is 5.32 Å². The predicted molar refractivity (Wildman–Crippen MR) is 92.4 cm³/mol. The zero-order valence-electron chi connectivity index (χ0n) is 14.3. The van der Waals surface area contributed by atoms with Crippen LogP contribution in [0.15, 0.2) is 30.3 Å². The van der Waals surface area contributed by atoms with Gasteiger partial charge in [0.05, 0.1) is 30.7 Å². The first-order chi connectivity index (χ1) is 12.4. The maximum Gasteiger partial charge on any atom is 0.266 e. The molecule has 5 nitrogen and oxygen atoms in total. The highest BCUT2D eigenvalue weighted by atomic mass is 19.3. The summed E-state index contributed by atoms with van der Waals surface area (Å²) >= 11 is 0. The molecule has 26 heavy (non-hydrogen) atoms. The topological polar surface area (TPSA) is 53.6 Å². The van der Waals surface area contributed by atoms with Gasteiger partial charge < -0.3 is 20.3 Å². The number of carbonyl (C=O) groups excluding carboxylic acids is 1. The van der Waals surface area contributed by atoms with Crippen molar-refractivity contribution >= 4 is 17.3 Å². The minimum atomic E-state index is -2.92. The Kier molecular flexibility index (Phi) is 4.92. The Hall–Kier alpha value is -2.90. The Morgan fingerprint density at radius 3 is 2.77 bits per heavy atom. The monoisotopic (exact) mass is 365 g/mol. The number of fused-ring (bicyclic) bond motifs is 1. The standard InChI is InChI=1S/C18H18F3N3O2/c1-24-9-23-14-5-6-15(26-2)12(16(14)24)8-22-18(25)10-3-4-11(17(20)21)13(19)7-10/h3-7,17,23H,8-9H2,1-2H3,(H,22,25). The Morgan fingerprint density at radius 1 is 1.35 bits per heavy atom. The first kappa shape index (κ1) is 17.9. The summed E-state index contributed by atoms with van der Waals surface area (Å²) in [5, 5.41) is 5.91. The molecule has 0 saturated heterocycles. The normalized spacial score (nSPS) is 12.8. The zero-order chi connectivity index (χ0) is 18.8. The summed E-state index contributed by atoms with van der Waals surface area (Å²) in [7, 11) is 3.44. The van der Waals surface area contributed by atoms with Gasteiger partial charge in [-0.1, -0.05) is 0 Å². The summed E-state index contributed by atoms with van der Waals surface area (Å²) < 4.78 is 44.3. The summed E-state index contributed by atoms with van der Waals surface area (Å²) in [6.45, 7) is 0.777. The van der Waals surface area contributed by atoms with E-state index in [0.29, 0.717) is 12.4 Å². The lowest BCUT2D eigenvalue weighted by Crippen LogP contribution is -2.25. The number of halogens is 3. The fourth-order valence-corrected chi connectivity index (χ4v) is 2.96. The second-order valence-electron chi connectivity index (χ2n) is 5.90. The van der Waals surface area contributed by atoms with Crippen LogP contribution in [0, 0.1) is 5.82 Å². The van der Waals surface area contributed by atoms with Crippen molar-refractivity contribution in [2.75, 3.05) is 31.0 Å². The molecule has 0 aromatic heterocycles. The molecule has 0 radical (unpaired) electrons. The number of hydrogen-bond donors (Lipinski definition) is 2. The summed E-state index contributed by atoms with van der Waals surface area (Å²) in [4.78, 5) is 14.3. The molecular formula is C18H18F3N3O2. The lowest BCUT2D eigenvalue weighted by molar-refractivity contribution is 0.0949. The van der Waals surface area contributed by atoms with Crippen LogP contribution in [0.1, 0.15) is 27.9 Å². The number of hydrogen-bond acceptors (Lipinski definition) is 4. The number of anilines is 2. The van der Waals surface area contributed by atoms with Gasteiger partial charge in [-0.3, -0.25) is 4.79 Å². The molecule has 1 heterocycles. The summed E-state index contributed by atoms with van der Waals surface area (Å²) in [6, 6.07) is 6.61. The molecule has 138 valence electrons. The van der Waals surface area contributed by atoms with E-state index in [1.165, 1.54) is 13.2 Å². The molecule has 0 saturated carbocycles. The van der Waals surface area contributed by atoms with Crippen LogP contribution in [0.25, 0.3) is 0 Å². The maximum atomic E-state index is 13.7. The van der Waals surface area contributed by atoms with Crippen LogP contribution in [0.3, 0.4) is 0 Å². The van der Waals surface area contributed by atoms with Crippen LogP contribution >= 0.6 is 0 Å². The predicted octanol–water partition coefficient (Wildman–Crippen LogP) is 3.52. The van der Waals surface area contributed by atoms with Crippen molar-refractivity contribution < 1.29 is 22.7 Å². The minimum absolute atomic E-state index is 0.0232. The molecule has 2 N–H and O–H groups in total. The van der Waals surface area contributed by atoms with Crippen molar-refractivity contribution in [3.8, 4) is 5.75 Å². The molecule has 8 heteroatoms. The molecule has 0 unspecified atom stereocenters. The van der Waals surface area contributed by atoms with E-state index in [0.717, 1.165) is 29.1 Å². The molecule has 0 atom stereocenters. The summed E-state index contributed by atoms with van der Waals surface area (Å²) in [5.41, 5.74) is 1.85.